The molecule has 0 unspecified atom stereocenters. The van der Waals surface area contributed by atoms with Crippen molar-refractivity contribution in [1.29, 1.82) is 0 Å². The number of hydrogen-bond donors (Lipinski definition) is 2. The van der Waals surface area contributed by atoms with Crippen LogP contribution in [-0.2, 0) is 6.61 Å². The van der Waals surface area contributed by atoms with Crippen LogP contribution in [0.25, 0.3) is 6.08 Å². The Labute approximate surface area is 71.8 Å². The maximum Gasteiger partial charge on any atom is 0.132 e. The smallest absolute Gasteiger partial charge is 0.132 e. The van der Waals surface area contributed by atoms with Crippen molar-refractivity contribution in [2.45, 2.75) is 6.61 Å². The topological polar surface area (TPSA) is 45.2 Å². The van der Waals surface area contributed by atoms with E-state index in [2.05, 4.69) is 16.9 Å². The molecular weight excluding hydrogens is 152 g/mol. The molecular formula is C9H12N2O. The molecule has 1 aromatic heterocycles. The van der Waals surface area contributed by atoms with E-state index >= 15 is 0 Å². The van der Waals surface area contributed by atoms with Crippen LogP contribution in [0.4, 0.5) is 5.82 Å². The van der Waals surface area contributed by atoms with Crippen molar-refractivity contribution in [3.63, 3.8) is 0 Å². The van der Waals surface area contributed by atoms with Gasteiger partial charge in [-0.3, -0.25) is 0 Å². The van der Waals surface area contributed by atoms with Gasteiger partial charge in [0.05, 0.1) is 6.61 Å². The first kappa shape index (κ1) is 8.74. The first-order valence-corrected chi connectivity index (χ1v) is 3.71. The van der Waals surface area contributed by atoms with E-state index in [4.69, 9.17) is 5.11 Å². The molecule has 2 N–H and O–H groups in total. The monoisotopic (exact) mass is 164 g/mol. The van der Waals surface area contributed by atoms with Gasteiger partial charge in [-0.1, -0.05) is 12.7 Å². The summed E-state index contributed by atoms with van der Waals surface area (Å²) in [6.07, 6.45) is 3.34. The number of aliphatic hydroxyl groups excluding tert-OH is 1. The van der Waals surface area contributed by atoms with E-state index in [0.717, 1.165) is 16.9 Å². The summed E-state index contributed by atoms with van der Waals surface area (Å²) >= 11 is 0. The fourth-order valence-corrected chi connectivity index (χ4v) is 0.978. The molecule has 1 aromatic rings. The fraction of sp³-hybridized carbons (Fsp3) is 0.222. The Bertz CT molecular complexity index is 284. The summed E-state index contributed by atoms with van der Waals surface area (Å²) in [7, 11) is 1.80. The molecule has 0 aliphatic heterocycles. The number of nitrogens with zero attached hydrogens (tertiary/aromatic N) is 1. The van der Waals surface area contributed by atoms with E-state index in [9.17, 15) is 0 Å². The third-order valence-electron chi connectivity index (χ3n) is 1.61. The molecule has 0 atom stereocenters. The van der Waals surface area contributed by atoms with Crippen LogP contribution in [0.15, 0.2) is 18.8 Å². The van der Waals surface area contributed by atoms with E-state index < -0.39 is 0 Å². The number of anilines is 1. The van der Waals surface area contributed by atoms with E-state index in [0.29, 0.717) is 0 Å². The second-order valence-corrected chi connectivity index (χ2v) is 2.39. The maximum atomic E-state index is 8.83. The first-order valence-electron chi connectivity index (χ1n) is 3.71. The average molecular weight is 164 g/mol. The predicted molar refractivity (Wildman–Crippen MR) is 49.8 cm³/mol. The fourth-order valence-electron chi connectivity index (χ4n) is 0.978. The standard InChI is InChI=1S/C9H12N2O/c1-3-8-4-7(6-12)5-11-9(8)10-2/h3-5,12H,1,6H2,2H3,(H,10,11). The third kappa shape index (κ3) is 1.62. The quantitative estimate of drug-likeness (QED) is 0.706. The number of pyridine rings is 1. The first-order chi connectivity index (χ1) is 5.81. The summed E-state index contributed by atoms with van der Waals surface area (Å²) in [6, 6.07) is 1.85. The van der Waals surface area contributed by atoms with Crippen LogP contribution in [0.1, 0.15) is 11.1 Å². The zero-order valence-electron chi connectivity index (χ0n) is 7.04. The Morgan fingerprint density at radius 2 is 2.50 bits per heavy atom. The van der Waals surface area contributed by atoms with Gasteiger partial charge in [0.2, 0.25) is 0 Å². The van der Waals surface area contributed by atoms with E-state index in [1.165, 1.54) is 0 Å². The number of hydrogen-bond acceptors (Lipinski definition) is 3. The highest BCUT2D eigenvalue weighted by molar-refractivity contribution is 5.62. The molecule has 64 valence electrons. The van der Waals surface area contributed by atoms with Crippen molar-refractivity contribution in [1.82, 2.24) is 4.98 Å². The summed E-state index contributed by atoms with van der Waals surface area (Å²) in [4.78, 5) is 4.10. The lowest BCUT2D eigenvalue weighted by Gasteiger charge is -2.04. The summed E-state index contributed by atoms with van der Waals surface area (Å²) in [5.74, 6) is 0.780. The highest BCUT2D eigenvalue weighted by Crippen LogP contribution is 2.14. The Morgan fingerprint density at radius 1 is 1.75 bits per heavy atom. The van der Waals surface area contributed by atoms with E-state index in [1.807, 2.05) is 6.07 Å². The molecule has 0 aliphatic carbocycles. The van der Waals surface area contributed by atoms with Gasteiger partial charge in [0, 0.05) is 18.8 Å². The van der Waals surface area contributed by atoms with Crippen LogP contribution in [0.2, 0.25) is 0 Å². The second-order valence-electron chi connectivity index (χ2n) is 2.39. The summed E-state index contributed by atoms with van der Waals surface area (Å²) in [5, 5.41) is 11.8. The Balaban J connectivity index is 3.10. The number of aromatic nitrogens is 1. The van der Waals surface area contributed by atoms with Gasteiger partial charge in [-0.2, -0.15) is 0 Å². The van der Waals surface area contributed by atoms with Crippen molar-refractivity contribution < 1.29 is 5.11 Å². The molecule has 0 fully saturated rings. The lowest BCUT2D eigenvalue weighted by Crippen LogP contribution is -1.97. The van der Waals surface area contributed by atoms with Crippen LogP contribution in [0.3, 0.4) is 0 Å². The molecule has 0 saturated heterocycles. The molecule has 3 nitrogen and oxygen atoms in total. The zero-order chi connectivity index (χ0) is 8.97. The van der Waals surface area contributed by atoms with Crippen molar-refractivity contribution in [3.8, 4) is 0 Å². The Morgan fingerprint density at radius 3 is 3.00 bits per heavy atom. The molecule has 1 rings (SSSR count). The van der Waals surface area contributed by atoms with Crippen molar-refractivity contribution in [2.75, 3.05) is 12.4 Å². The molecule has 0 radical (unpaired) electrons. The van der Waals surface area contributed by atoms with Crippen LogP contribution < -0.4 is 5.32 Å². The molecule has 0 spiro atoms. The van der Waals surface area contributed by atoms with E-state index in [-0.39, 0.29) is 6.61 Å². The van der Waals surface area contributed by atoms with Crippen LogP contribution in [-0.4, -0.2) is 17.1 Å². The number of nitrogens with one attached hydrogen (secondary N) is 1. The highest BCUT2D eigenvalue weighted by Gasteiger charge is 1.99. The van der Waals surface area contributed by atoms with Gasteiger partial charge < -0.3 is 10.4 Å². The minimum atomic E-state index is 0.0117. The Hall–Kier alpha value is -1.35. The average Bonchev–Trinajstić information content (AvgIpc) is 2.16. The zero-order valence-corrected chi connectivity index (χ0v) is 7.04. The van der Waals surface area contributed by atoms with Crippen molar-refractivity contribution >= 4 is 11.9 Å². The maximum absolute atomic E-state index is 8.83. The lowest BCUT2D eigenvalue weighted by molar-refractivity contribution is 0.281. The van der Waals surface area contributed by atoms with Crippen LogP contribution in [0, 0.1) is 0 Å². The highest BCUT2D eigenvalue weighted by atomic mass is 16.3. The van der Waals surface area contributed by atoms with Gasteiger partial charge in [0.25, 0.3) is 0 Å². The largest absolute Gasteiger partial charge is 0.392 e. The van der Waals surface area contributed by atoms with Crippen molar-refractivity contribution in [3.05, 3.63) is 30.0 Å². The second kappa shape index (κ2) is 3.88. The summed E-state index contributed by atoms with van der Waals surface area (Å²) in [5.41, 5.74) is 1.70. The van der Waals surface area contributed by atoms with Crippen molar-refractivity contribution in [2.24, 2.45) is 0 Å². The number of rotatable bonds is 3. The molecule has 0 aromatic carbocycles. The Kier molecular flexibility index (Phi) is 2.82. The molecule has 0 aliphatic rings. The molecule has 12 heavy (non-hydrogen) atoms. The normalized spacial score (nSPS) is 9.50. The van der Waals surface area contributed by atoms with Gasteiger partial charge in [0.15, 0.2) is 0 Å². The molecule has 1 heterocycles. The molecule has 3 heteroatoms. The summed E-state index contributed by atoms with van der Waals surface area (Å²) < 4.78 is 0. The molecule has 0 amide bonds. The van der Waals surface area contributed by atoms with Crippen LogP contribution >= 0.6 is 0 Å². The van der Waals surface area contributed by atoms with Gasteiger partial charge in [-0.25, -0.2) is 4.98 Å². The van der Waals surface area contributed by atoms with Gasteiger partial charge in [-0.05, 0) is 11.6 Å². The SMILES string of the molecule is C=Cc1cc(CO)cnc1NC. The lowest BCUT2D eigenvalue weighted by atomic mass is 10.2. The molecule has 0 saturated carbocycles. The van der Waals surface area contributed by atoms with Gasteiger partial charge in [0.1, 0.15) is 5.82 Å². The molecule has 0 bridgehead atoms. The van der Waals surface area contributed by atoms with Gasteiger partial charge in [-0.15, -0.1) is 0 Å². The van der Waals surface area contributed by atoms with Gasteiger partial charge >= 0.3 is 0 Å². The minimum absolute atomic E-state index is 0.0117. The predicted octanol–water partition coefficient (Wildman–Crippen LogP) is 1.26. The number of aliphatic hydroxyl groups is 1. The van der Waals surface area contributed by atoms with Crippen LogP contribution in [0.5, 0.6) is 0 Å². The third-order valence-corrected chi connectivity index (χ3v) is 1.61. The van der Waals surface area contributed by atoms with E-state index in [1.54, 1.807) is 19.3 Å². The summed E-state index contributed by atoms with van der Waals surface area (Å²) in [6.45, 7) is 3.67. The minimum Gasteiger partial charge on any atom is -0.392 e.